The molecule has 1 fully saturated rings. The lowest BCUT2D eigenvalue weighted by Crippen LogP contribution is -2.20. The summed E-state index contributed by atoms with van der Waals surface area (Å²) in [6.45, 7) is 2.29. The van der Waals surface area contributed by atoms with Crippen molar-refractivity contribution in [3.63, 3.8) is 0 Å². The topological polar surface area (TPSA) is 50.9 Å². The fourth-order valence-electron chi connectivity index (χ4n) is 2.25. The third-order valence-corrected chi connectivity index (χ3v) is 3.33. The summed E-state index contributed by atoms with van der Waals surface area (Å²) >= 11 is 5.01. The standard InChI is InChI=1S/C12H17N3S/c1-8-4-5-9(7-8)15-12-10(11(13)16)3-2-6-14-12/h2-3,6,8-9H,4-5,7H2,1H3,(H2,13,16)(H,14,15). The monoisotopic (exact) mass is 235 g/mol. The van der Waals surface area contributed by atoms with Crippen LogP contribution in [0.3, 0.4) is 0 Å². The molecule has 2 unspecified atom stereocenters. The van der Waals surface area contributed by atoms with Crippen LogP contribution in [-0.2, 0) is 0 Å². The van der Waals surface area contributed by atoms with Crippen molar-refractivity contribution < 1.29 is 0 Å². The summed E-state index contributed by atoms with van der Waals surface area (Å²) in [5.74, 6) is 1.63. The first-order chi connectivity index (χ1) is 7.66. The van der Waals surface area contributed by atoms with Crippen molar-refractivity contribution in [3.05, 3.63) is 23.9 Å². The van der Waals surface area contributed by atoms with E-state index in [-0.39, 0.29) is 0 Å². The van der Waals surface area contributed by atoms with E-state index >= 15 is 0 Å². The van der Waals surface area contributed by atoms with E-state index in [2.05, 4.69) is 17.2 Å². The smallest absolute Gasteiger partial charge is 0.136 e. The fourth-order valence-corrected chi connectivity index (χ4v) is 2.42. The van der Waals surface area contributed by atoms with Crippen LogP contribution in [0.4, 0.5) is 5.82 Å². The van der Waals surface area contributed by atoms with Gasteiger partial charge in [0.15, 0.2) is 0 Å². The van der Waals surface area contributed by atoms with Gasteiger partial charge in [0, 0.05) is 12.2 Å². The molecule has 1 aliphatic rings. The molecule has 1 heterocycles. The number of hydrogen-bond acceptors (Lipinski definition) is 3. The molecule has 16 heavy (non-hydrogen) atoms. The molecule has 2 atom stereocenters. The first kappa shape index (κ1) is 11.3. The molecule has 86 valence electrons. The van der Waals surface area contributed by atoms with E-state index in [9.17, 15) is 0 Å². The largest absolute Gasteiger partial charge is 0.389 e. The zero-order valence-electron chi connectivity index (χ0n) is 9.44. The van der Waals surface area contributed by atoms with Gasteiger partial charge in [-0.2, -0.15) is 0 Å². The average molecular weight is 235 g/mol. The van der Waals surface area contributed by atoms with Crippen LogP contribution < -0.4 is 11.1 Å². The summed E-state index contributed by atoms with van der Waals surface area (Å²) < 4.78 is 0. The molecule has 0 spiro atoms. The molecule has 1 aromatic rings. The zero-order chi connectivity index (χ0) is 11.5. The third kappa shape index (κ3) is 2.50. The average Bonchev–Trinajstić information content (AvgIpc) is 2.64. The van der Waals surface area contributed by atoms with E-state index in [1.807, 2.05) is 12.1 Å². The number of aromatic nitrogens is 1. The van der Waals surface area contributed by atoms with Gasteiger partial charge in [0.25, 0.3) is 0 Å². The van der Waals surface area contributed by atoms with Crippen molar-refractivity contribution in [2.75, 3.05) is 5.32 Å². The van der Waals surface area contributed by atoms with E-state index in [4.69, 9.17) is 18.0 Å². The third-order valence-electron chi connectivity index (χ3n) is 3.11. The van der Waals surface area contributed by atoms with E-state index in [1.165, 1.54) is 19.3 Å². The summed E-state index contributed by atoms with van der Waals surface area (Å²) in [5, 5.41) is 3.44. The van der Waals surface area contributed by atoms with Crippen molar-refractivity contribution in [2.45, 2.75) is 32.2 Å². The number of pyridine rings is 1. The highest BCUT2D eigenvalue weighted by Gasteiger charge is 2.22. The Labute approximate surface area is 101 Å². The van der Waals surface area contributed by atoms with Gasteiger partial charge in [-0.15, -0.1) is 0 Å². The Balaban J connectivity index is 2.12. The van der Waals surface area contributed by atoms with Crippen LogP contribution >= 0.6 is 12.2 Å². The van der Waals surface area contributed by atoms with Crippen LogP contribution in [0.2, 0.25) is 0 Å². The summed E-state index contributed by atoms with van der Waals surface area (Å²) in [4.78, 5) is 4.71. The molecule has 0 saturated heterocycles. The van der Waals surface area contributed by atoms with Crippen LogP contribution in [0.15, 0.2) is 18.3 Å². The van der Waals surface area contributed by atoms with Gasteiger partial charge in [-0.05, 0) is 37.3 Å². The van der Waals surface area contributed by atoms with Gasteiger partial charge in [-0.3, -0.25) is 0 Å². The quantitative estimate of drug-likeness (QED) is 0.789. The summed E-state index contributed by atoms with van der Waals surface area (Å²) in [5.41, 5.74) is 6.51. The minimum absolute atomic E-state index is 0.404. The van der Waals surface area contributed by atoms with Crippen molar-refractivity contribution in [2.24, 2.45) is 11.7 Å². The van der Waals surface area contributed by atoms with Gasteiger partial charge < -0.3 is 11.1 Å². The van der Waals surface area contributed by atoms with Crippen LogP contribution in [0, 0.1) is 5.92 Å². The molecule has 1 saturated carbocycles. The van der Waals surface area contributed by atoms with Crippen molar-refractivity contribution >= 4 is 23.0 Å². The van der Waals surface area contributed by atoms with Gasteiger partial charge in [-0.1, -0.05) is 19.1 Å². The van der Waals surface area contributed by atoms with Gasteiger partial charge >= 0.3 is 0 Å². The second kappa shape index (κ2) is 4.78. The Morgan fingerprint density at radius 2 is 2.38 bits per heavy atom. The minimum atomic E-state index is 0.404. The van der Waals surface area contributed by atoms with Crippen LogP contribution in [0.1, 0.15) is 31.7 Å². The molecule has 0 radical (unpaired) electrons. The lowest BCUT2D eigenvalue weighted by atomic mass is 10.1. The molecule has 0 aliphatic heterocycles. The number of thiocarbonyl (C=S) groups is 1. The number of nitrogens with zero attached hydrogens (tertiary/aromatic N) is 1. The number of nitrogens with one attached hydrogen (secondary N) is 1. The molecule has 0 aromatic carbocycles. The Bertz CT molecular complexity index is 392. The molecule has 0 bridgehead atoms. The number of nitrogens with two attached hydrogens (primary N) is 1. The van der Waals surface area contributed by atoms with Gasteiger partial charge in [0.1, 0.15) is 10.8 Å². The number of hydrogen-bond donors (Lipinski definition) is 2. The second-order valence-corrected chi connectivity index (χ2v) is 4.96. The van der Waals surface area contributed by atoms with Gasteiger partial charge in [-0.25, -0.2) is 4.98 Å². The van der Waals surface area contributed by atoms with Crippen molar-refractivity contribution in [1.29, 1.82) is 0 Å². The van der Waals surface area contributed by atoms with Crippen molar-refractivity contribution in [1.82, 2.24) is 4.98 Å². The predicted octanol–water partition coefficient (Wildman–Crippen LogP) is 2.32. The predicted molar refractivity (Wildman–Crippen MR) is 70.6 cm³/mol. The molecule has 4 heteroatoms. The zero-order valence-corrected chi connectivity index (χ0v) is 10.3. The highest BCUT2D eigenvalue weighted by molar-refractivity contribution is 7.80. The highest BCUT2D eigenvalue weighted by Crippen LogP contribution is 2.27. The Morgan fingerprint density at radius 1 is 1.56 bits per heavy atom. The Hall–Kier alpha value is -1.16. The second-order valence-electron chi connectivity index (χ2n) is 4.52. The van der Waals surface area contributed by atoms with E-state index in [0.717, 1.165) is 17.3 Å². The Morgan fingerprint density at radius 3 is 3.00 bits per heavy atom. The van der Waals surface area contributed by atoms with Gasteiger partial charge in [0.2, 0.25) is 0 Å². The molecule has 2 rings (SSSR count). The summed E-state index contributed by atoms with van der Waals surface area (Å²) in [6, 6.07) is 4.28. The molecule has 3 N–H and O–H groups in total. The molecule has 1 aliphatic carbocycles. The van der Waals surface area contributed by atoms with Crippen LogP contribution in [0.5, 0.6) is 0 Å². The lowest BCUT2D eigenvalue weighted by Gasteiger charge is -2.15. The molecule has 3 nitrogen and oxygen atoms in total. The molecule has 1 aromatic heterocycles. The molecular formula is C12H17N3S. The number of anilines is 1. The van der Waals surface area contributed by atoms with Crippen LogP contribution in [-0.4, -0.2) is 16.0 Å². The van der Waals surface area contributed by atoms with Crippen molar-refractivity contribution in [3.8, 4) is 0 Å². The van der Waals surface area contributed by atoms with E-state index in [1.54, 1.807) is 6.20 Å². The summed E-state index contributed by atoms with van der Waals surface area (Å²) in [7, 11) is 0. The summed E-state index contributed by atoms with van der Waals surface area (Å²) in [6.07, 6.45) is 5.46. The first-order valence-electron chi connectivity index (χ1n) is 5.68. The van der Waals surface area contributed by atoms with E-state index in [0.29, 0.717) is 11.0 Å². The van der Waals surface area contributed by atoms with E-state index < -0.39 is 0 Å². The molecule has 0 amide bonds. The maximum Gasteiger partial charge on any atom is 0.136 e. The fraction of sp³-hybridized carbons (Fsp3) is 0.500. The maximum absolute atomic E-state index is 5.67. The highest BCUT2D eigenvalue weighted by atomic mass is 32.1. The Kier molecular flexibility index (Phi) is 3.39. The normalized spacial score (nSPS) is 24.3. The lowest BCUT2D eigenvalue weighted by molar-refractivity contribution is 0.602. The maximum atomic E-state index is 5.67. The minimum Gasteiger partial charge on any atom is -0.389 e. The molecular weight excluding hydrogens is 218 g/mol. The van der Waals surface area contributed by atoms with Crippen LogP contribution in [0.25, 0.3) is 0 Å². The van der Waals surface area contributed by atoms with Gasteiger partial charge in [0.05, 0.1) is 5.56 Å². The number of rotatable bonds is 3. The SMILES string of the molecule is CC1CCC(Nc2ncccc2C(N)=S)C1. The first-order valence-corrected chi connectivity index (χ1v) is 6.09.